The van der Waals surface area contributed by atoms with Crippen molar-refractivity contribution in [3.8, 4) is 5.75 Å². The molecule has 2 rings (SSSR count). The molecule has 5 nitrogen and oxygen atoms in total. The van der Waals surface area contributed by atoms with Crippen molar-refractivity contribution in [3.63, 3.8) is 0 Å². The summed E-state index contributed by atoms with van der Waals surface area (Å²) < 4.78 is 29.0. The molecule has 0 spiro atoms. The van der Waals surface area contributed by atoms with Crippen LogP contribution in [0.2, 0.25) is 0 Å². The minimum absolute atomic E-state index is 0.0548. The van der Waals surface area contributed by atoms with Crippen LogP contribution in [0.3, 0.4) is 0 Å². The number of amides is 2. The Morgan fingerprint density at radius 3 is 2.46 bits per heavy atom. The molecule has 0 aromatic heterocycles. The second-order valence-electron chi connectivity index (χ2n) is 5.32. The first-order valence-corrected chi connectivity index (χ1v) is 7.25. The van der Waals surface area contributed by atoms with Crippen LogP contribution in [0.5, 0.6) is 5.75 Å². The van der Waals surface area contributed by atoms with Gasteiger partial charge >= 0.3 is 12.6 Å². The number of ether oxygens (including phenoxy) is 1. The maximum atomic E-state index is 12.3. The highest BCUT2D eigenvalue weighted by Gasteiger charge is 2.23. The van der Waals surface area contributed by atoms with E-state index in [1.54, 1.807) is 37.3 Å². The normalized spacial score (nSPS) is 13.2. The molecule has 0 fully saturated rings. The van der Waals surface area contributed by atoms with Crippen LogP contribution in [-0.2, 0) is 5.60 Å². The van der Waals surface area contributed by atoms with Crippen molar-refractivity contribution in [2.45, 2.75) is 19.1 Å². The lowest BCUT2D eigenvalue weighted by Gasteiger charge is -2.24. The van der Waals surface area contributed by atoms with Gasteiger partial charge in [-0.2, -0.15) is 8.78 Å². The number of carbonyl (C=O) groups is 1. The van der Waals surface area contributed by atoms with Gasteiger partial charge in [0.2, 0.25) is 0 Å². The van der Waals surface area contributed by atoms with Crippen LogP contribution in [0.4, 0.5) is 19.3 Å². The second-order valence-corrected chi connectivity index (χ2v) is 5.32. The van der Waals surface area contributed by atoms with Gasteiger partial charge in [0, 0.05) is 0 Å². The summed E-state index contributed by atoms with van der Waals surface area (Å²) in [4.78, 5) is 12.0. The van der Waals surface area contributed by atoms with E-state index in [2.05, 4.69) is 15.4 Å². The summed E-state index contributed by atoms with van der Waals surface area (Å²) in [6, 6.07) is 14.1. The topological polar surface area (TPSA) is 70.6 Å². The van der Waals surface area contributed by atoms with Gasteiger partial charge < -0.3 is 20.5 Å². The summed E-state index contributed by atoms with van der Waals surface area (Å²) in [5, 5.41) is 15.3. The third kappa shape index (κ3) is 4.92. The van der Waals surface area contributed by atoms with E-state index in [0.29, 0.717) is 5.56 Å². The lowest BCUT2D eigenvalue weighted by atomic mass is 9.96. The molecule has 128 valence electrons. The third-order valence-electron chi connectivity index (χ3n) is 3.34. The molecule has 24 heavy (non-hydrogen) atoms. The monoisotopic (exact) mass is 336 g/mol. The van der Waals surface area contributed by atoms with Crippen molar-refractivity contribution in [2.75, 3.05) is 11.9 Å². The van der Waals surface area contributed by atoms with E-state index in [1.807, 2.05) is 6.07 Å². The average Bonchev–Trinajstić information content (AvgIpc) is 2.55. The summed E-state index contributed by atoms with van der Waals surface area (Å²) in [5.41, 5.74) is -0.515. The number of halogens is 2. The minimum Gasteiger partial charge on any atom is -0.433 e. The number of hydrogen-bond acceptors (Lipinski definition) is 3. The fraction of sp³-hybridized carbons (Fsp3) is 0.235. The summed E-state index contributed by atoms with van der Waals surface area (Å²) >= 11 is 0. The zero-order valence-electron chi connectivity index (χ0n) is 13.0. The van der Waals surface area contributed by atoms with E-state index in [4.69, 9.17) is 0 Å². The zero-order chi connectivity index (χ0) is 17.6. The standard InChI is InChI=1S/C17H18F2N2O3/c1-17(23,12-7-3-2-4-8-12)11-20-16(22)21-13-9-5-6-10-14(13)24-15(18)19/h2-10,15,23H,11H2,1H3,(H2,20,21,22). The maximum Gasteiger partial charge on any atom is 0.387 e. The van der Waals surface area contributed by atoms with E-state index in [9.17, 15) is 18.7 Å². The first-order valence-electron chi connectivity index (χ1n) is 7.25. The molecule has 2 amide bonds. The van der Waals surface area contributed by atoms with Crippen molar-refractivity contribution < 1.29 is 23.4 Å². The molecule has 0 bridgehead atoms. The number of rotatable bonds is 6. The number of anilines is 1. The van der Waals surface area contributed by atoms with Gasteiger partial charge in [-0.25, -0.2) is 4.79 Å². The van der Waals surface area contributed by atoms with Crippen LogP contribution in [0.25, 0.3) is 0 Å². The molecule has 0 aliphatic carbocycles. The molecular formula is C17H18F2N2O3. The van der Waals surface area contributed by atoms with Gasteiger partial charge in [-0.1, -0.05) is 42.5 Å². The number of para-hydroxylation sites is 2. The average molecular weight is 336 g/mol. The Morgan fingerprint density at radius 2 is 1.79 bits per heavy atom. The fourth-order valence-electron chi connectivity index (χ4n) is 2.09. The van der Waals surface area contributed by atoms with E-state index < -0.39 is 18.2 Å². The number of alkyl halides is 2. The van der Waals surface area contributed by atoms with E-state index >= 15 is 0 Å². The Hall–Kier alpha value is -2.67. The maximum absolute atomic E-state index is 12.3. The molecule has 0 aliphatic heterocycles. The van der Waals surface area contributed by atoms with Gasteiger partial charge in [0.15, 0.2) is 0 Å². The summed E-state index contributed by atoms with van der Waals surface area (Å²) in [6.07, 6.45) is 0. The highest BCUT2D eigenvalue weighted by Crippen LogP contribution is 2.25. The van der Waals surface area contributed by atoms with Crippen molar-refractivity contribution in [1.82, 2.24) is 5.32 Å². The lowest BCUT2D eigenvalue weighted by molar-refractivity contribution is -0.0493. The molecule has 7 heteroatoms. The molecule has 0 saturated carbocycles. The Labute approximate surface area is 138 Å². The predicted octanol–water partition coefficient (Wildman–Crippen LogP) is 3.32. The highest BCUT2D eigenvalue weighted by molar-refractivity contribution is 5.90. The molecule has 1 unspecified atom stereocenters. The number of benzene rings is 2. The van der Waals surface area contributed by atoms with Crippen molar-refractivity contribution in [1.29, 1.82) is 0 Å². The number of urea groups is 1. The predicted molar refractivity (Wildman–Crippen MR) is 86.1 cm³/mol. The number of nitrogens with one attached hydrogen (secondary N) is 2. The van der Waals surface area contributed by atoms with Crippen LogP contribution in [0.1, 0.15) is 12.5 Å². The summed E-state index contributed by atoms with van der Waals surface area (Å²) in [5.74, 6) is -0.141. The highest BCUT2D eigenvalue weighted by atomic mass is 19.3. The second kappa shape index (κ2) is 7.74. The van der Waals surface area contributed by atoms with Crippen LogP contribution in [0, 0.1) is 0 Å². The lowest BCUT2D eigenvalue weighted by Crippen LogP contribution is -2.40. The van der Waals surface area contributed by atoms with Crippen LogP contribution in [0.15, 0.2) is 54.6 Å². The van der Waals surface area contributed by atoms with Crippen molar-refractivity contribution in [2.24, 2.45) is 0 Å². The van der Waals surface area contributed by atoms with E-state index in [0.717, 1.165) is 0 Å². The zero-order valence-corrected chi connectivity index (χ0v) is 13.0. The quantitative estimate of drug-likeness (QED) is 0.758. The molecule has 0 saturated heterocycles. The third-order valence-corrected chi connectivity index (χ3v) is 3.34. The molecule has 1 atom stereocenters. The molecule has 0 radical (unpaired) electrons. The Bertz CT molecular complexity index is 679. The summed E-state index contributed by atoms with van der Waals surface area (Å²) in [7, 11) is 0. The Balaban J connectivity index is 1.97. The van der Waals surface area contributed by atoms with Crippen LogP contribution >= 0.6 is 0 Å². The number of hydrogen-bond donors (Lipinski definition) is 3. The Kier molecular flexibility index (Phi) is 5.70. The van der Waals surface area contributed by atoms with Crippen molar-refractivity contribution >= 4 is 11.7 Å². The van der Waals surface area contributed by atoms with Gasteiger partial charge in [-0.05, 0) is 24.6 Å². The minimum atomic E-state index is -2.99. The molecular weight excluding hydrogens is 318 g/mol. The largest absolute Gasteiger partial charge is 0.433 e. The first kappa shape index (κ1) is 17.7. The van der Waals surface area contributed by atoms with E-state index in [1.165, 1.54) is 18.2 Å². The SMILES string of the molecule is CC(O)(CNC(=O)Nc1ccccc1OC(F)F)c1ccccc1. The van der Waals surface area contributed by atoms with Gasteiger partial charge in [-0.3, -0.25) is 0 Å². The number of aliphatic hydroxyl groups is 1. The van der Waals surface area contributed by atoms with Gasteiger partial charge in [0.05, 0.1) is 12.2 Å². The van der Waals surface area contributed by atoms with Gasteiger partial charge in [0.25, 0.3) is 0 Å². The molecule has 0 heterocycles. The van der Waals surface area contributed by atoms with Crippen molar-refractivity contribution in [3.05, 3.63) is 60.2 Å². The van der Waals surface area contributed by atoms with Gasteiger partial charge in [0.1, 0.15) is 11.4 Å². The van der Waals surface area contributed by atoms with Crippen LogP contribution < -0.4 is 15.4 Å². The molecule has 0 aliphatic rings. The molecule has 2 aromatic carbocycles. The first-order chi connectivity index (χ1) is 11.4. The number of carbonyl (C=O) groups excluding carboxylic acids is 1. The smallest absolute Gasteiger partial charge is 0.387 e. The van der Waals surface area contributed by atoms with Crippen LogP contribution in [-0.4, -0.2) is 24.3 Å². The Morgan fingerprint density at radius 1 is 1.17 bits per heavy atom. The molecule has 2 aromatic rings. The van der Waals surface area contributed by atoms with Gasteiger partial charge in [-0.15, -0.1) is 0 Å². The molecule has 3 N–H and O–H groups in total. The fourth-order valence-corrected chi connectivity index (χ4v) is 2.09. The van der Waals surface area contributed by atoms with E-state index in [-0.39, 0.29) is 18.0 Å². The summed E-state index contributed by atoms with van der Waals surface area (Å²) in [6.45, 7) is -1.48.